The SMILES string of the molecule is CCOC(=O)c1cc2cc3c(cc2nc1N(C(N)=O)c1ccc(C(F)(F)F)cc1)OCO3. The van der Waals surface area contributed by atoms with Gasteiger partial charge in [0.15, 0.2) is 17.3 Å². The predicted molar refractivity (Wildman–Crippen MR) is 107 cm³/mol. The summed E-state index contributed by atoms with van der Waals surface area (Å²) < 4.78 is 54.6. The molecule has 4 rings (SSSR count). The molecule has 1 aliphatic heterocycles. The van der Waals surface area contributed by atoms with Crippen LogP contribution in [0.15, 0.2) is 42.5 Å². The van der Waals surface area contributed by atoms with Gasteiger partial charge in [0, 0.05) is 11.5 Å². The number of aromatic nitrogens is 1. The number of nitrogens with two attached hydrogens (primary N) is 1. The van der Waals surface area contributed by atoms with Crippen molar-refractivity contribution in [2.75, 3.05) is 18.3 Å². The van der Waals surface area contributed by atoms with E-state index in [1.807, 2.05) is 0 Å². The lowest BCUT2D eigenvalue weighted by atomic mass is 10.1. The van der Waals surface area contributed by atoms with E-state index in [2.05, 4.69) is 4.98 Å². The lowest BCUT2D eigenvalue weighted by molar-refractivity contribution is -0.137. The minimum absolute atomic E-state index is 0.0105. The third kappa shape index (κ3) is 3.84. The normalized spacial score (nSPS) is 12.6. The minimum atomic E-state index is -4.56. The third-order valence-electron chi connectivity index (χ3n) is 4.67. The average Bonchev–Trinajstić information content (AvgIpc) is 3.18. The molecule has 11 heteroatoms. The molecule has 0 saturated carbocycles. The van der Waals surface area contributed by atoms with Crippen molar-refractivity contribution >= 4 is 34.4 Å². The molecule has 0 aliphatic carbocycles. The molecule has 166 valence electrons. The number of primary amides is 1. The summed E-state index contributed by atoms with van der Waals surface area (Å²) >= 11 is 0. The van der Waals surface area contributed by atoms with E-state index in [0.717, 1.165) is 29.2 Å². The quantitative estimate of drug-likeness (QED) is 0.596. The van der Waals surface area contributed by atoms with Crippen LogP contribution in [0.4, 0.5) is 29.5 Å². The van der Waals surface area contributed by atoms with E-state index in [1.54, 1.807) is 19.1 Å². The Morgan fingerprint density at radius 2 is 1.78 bits per heavy atom. The lowest BCUT2D eigenvalue weighted by Crippen LogP contribution is -2.33. The van der Waals surface area contributed by atoms with Crippen LogP contribution >= 0.6 is 0 Å². The second-order valence-electron chi connectivity index (χ2n) is 6.70. The highest BCUT2D eigenvalue weighted by Gasteiger charge is 2.31. The first-order chi connectivity index (χ1) is 15.2. The van der Waals surface area contributed by atoms with Crippen LogP contribution in [0.25, 0.3) is 10.9 Å². The zero-order chi connectivity index (χ0) is 23.0. The first-order valence-electron chi connectivity index (χ1n) is 9.37. The number of carbonyl (C=O) groups excluding carboxylic acids is 2. The number of pyridine rings is 1. The van der Waals surface area contributed by atoms with E-state index < -0.39 is 23.7 Å². The number of anilines is 2. The number of esters is 1. The van der Waals surface area contributed by atoms with Gasteiger partial charge in [0.05, 0.1) is 23.4 Å². The van der Waals surface area contributed by atoms with Gasteiger partial charge < -0.3 is 19.9 Å². The second kappa shape index (κ2) is 7.91. The molecule has 1 aromatic heterocycles. The van der Waals surface area contributed by atoms with Gasteiger partial charge in [0.1, 0.15) is 5.56 Å². The van der Waals surface area contributed by atoms with Gasteiger partial charge in [-0.1, -0.05) is 0 Å². The van der Waals surface area contributed by atoms with Crippen molar-refractivity contribution in [3.63, 3.8) is 0 Å². The second-order valence-corrected chi connectivity index (χ2v) is 6.70. The summed E-state index contributed by atoms with van der Waals surface area (Å²) in [6.07, 6.45) is -4.56. The number of hydrogen-bond donors (Lipinski definition) is 1. The van der Waals surface area contributed by atoms with Crippen molar-refractivity contribution in [3.8, 4) is 11.5 Å². The monoisotopic (exact) mass is 447 g/mol. The maximum Gasteiger partial charge on any atom is 0.416 e. The van der Waals surface area contributed by atoms with E-state index in [-0.39, 0.29) is 30.5 Å². The number of hydrogen-bond acceptors (Lipinski definition) is 6. The van der Waals surface area contributed by atoms with Gasteiger partial charge in [0.25, 0.3) is 0 Å². The third-order valence-corrected chi connectivity index (χ3v) is 4.67. The zero-order valence-electron chi connectivity index (χ0n) is 16.6. The number of benzene rings is 2. The van der Waals surface area contributed by atoms with Crippen LogP contribution in [-0.2, 0) is 10.9 Å². The molecule has 0 unspecified atom stereocenters. The van der Waals surface area contributed by atoms with Crippen molar-refractivity contribution < 1.29 is 37.0 Å². The van der Waals surface area contributed by atoms with Crippen molar-refractivity contribution in [2.45, 2.75) is 13.1 Å². The van der Waals surface area contributed by atoms with Crippen LogP contribution < -0.4 is 20.1 Å². The molecule has 32 heavy (non-hydrogen) atoms. The lowest BCUT2D eigenvalue weighted by Gasteiger charge is -2.23. The number of carbonyl (C=O) groups is 2. The molecule has 0 fully saturated rings. The van der Waals surface area contributed by atoms with Crippen LogP contribution in [0.5, 0.6) is 11.5 Å². The average molecular weight is 447 g/mol. The Morgan fingerprint density at radius 1 is 1.12 bits per heavy atom. The predicted octanol–water partition coefficient (Wildman–Crippen LogP) is 4.38. The van der Waals surface area contributed by atoms with Crippen LogP contribution in [0.1, 0.15) is 22.8 Å². The van der Waals surface area contributed by atoms with Crippen LogP contribution in [-0.4, -0.2) is 30.4 Å². The topological polar surface area (TPSA) is 104 Å². The van der Waals surface area contributed by atoms with E-state index in [1.165, 1.54) is 6.07 Å². The fourth-order valence-corrected chi connectivity index (χ4v) is 3.24. The molecular formula is C21H16F3N3O5. The fraction of sp³-hybridized carbons (Fsp3) is 0.190. The number of alkyl halides is 3. The largest absolute Gasteiger partial charge is 0.462 e. The van der Waals surface area contributed by atoms with Gasteiger partial charge in [-0.15, -0.1) is 0 Å². The molecule has 3 aromatic rings. The standard InChI is InChI=1S/C21H16F3N3O5/c1-2-30-19(28)14-7-11-8-16-17(32-10-31-16)9-15(11)26-18(14)27(20(25)29)13-5-3-12(4-6-13)21(22,23)24/h3-9H,2,10H2,1H3,(H2,25,29). The Labute approximate surface area is 179 Å². The highest BCUT2D eigenvalue weighted by atomic mass is 19.4. The number of amides is 2. The number of fused-ring (bicyclic) bond motifs is 2. The van der Waals surface area contributed by atoms with Gasteiger partial charge in [-0.05, 0) is 43.3 Å². The summed E-state index contributed by atoms with van der Waals surface area (Å²) in [6, 6.07) is 7.29. The molecule has 0 spiro atoms. The van der Waals surface area contributed by atoms with Gasteiger partial charge in [-0.25, -0.2) is 19.5 Å². The summed E-state index contributed by atoms with van der Waals surface area (Å²) in [5.74, 6) is -0.105. The molecule has 1 aliphatic rings. The Balaban J connectivity index is 1.90. The van der Waals surface area contributed by atoms with E-state index in [0.29, 0.717) is 22.4 Å². The molecule has 2 amide bonds. The fourth-order valence-electron chi connectivity index (χ4n) is 3.24. The van der Waals surface area contributed by atoms with Gasteiger partial charge >= 0.3 is 18.2 Å². The van der Waals surface area contributed by atoms with E-state index >= 15 is 0 Å². The molecule has 2 heterocycles. The van der Waals surface area contributed by atoms with Crippen molar-refractivity contribution in [2.24, 2.45) is 5.73 Å². The summed E-state index contributed by atoms with van der Waals surface area (Å²) in [7, 11) is 0. The van der Waals surface area contributed by atoms with Crippen molar-refractivity contribution in [3.05, 3.63) is 53.6 Å². The summed E-state index contributed by atoms with van der Waals surface area (Å²) in [5.41, 5.74) is 4.86. The molecule has 0 bridgehead atoms. The van der Waals surface area contributed by atoms with Gasteiger partial charge in [-0.3, -0.25) is 0 Å². The maximum atomic E-state index is 12.9. The van der Waals surface area contributed by atoms with Crippen LogP contribution in [0, 0.1) is 0 Å². The Bertz CT molecular complexity index is 1210. The van der Waals surface area contributed by atoms with E-state index in [4.69, 9.17) is 19.9 Å². The van der Waals surface area contributed by atoms with Crippen molar-refractivity contribution in [1.82, 2.24) is 4.98 Å². The molecule has 0 saturated heterocycles. The highest BCUT2D eigenvalue weighted by molar-refractivity contribution is 6.07. The molecule has 2 N–H and O–H groups in total. The number of ether oxygens (including phenoxy) is 3. The van der Waals surface area contributed by atoms with Crippen LogP contribution in [0.2, 0.25) is 0 Å². The molecule has 0 radical (unpaired) electrons. The number of urea groups is 1. The molecule has 0 atom stereocenters. The minimum Gasteiger partial charge on any atom is -0.462 e. The Morgan fingerprint density at radius 3 is 2.38 bits per heavy atom. The smallest absolute Gasteiger partial charge is 0.416 e. The summed E-state index contributed by atoms with van der Waals surface area (Å²) in [5, 5.41) is 0.498. The molecule has 2 aromatic carbocycles. The van der Waals surface area contributed by atoms with Crippen molar-refractivity contribution in [1.29, 1.82) is 0 Å². The highest BCUT2D eigenvalue weighted by Crippen LogP contribution is 2.38. The van der Waals surface area contributed by atoms with E-state index in [9.17, 15) is 22.8 Å². The zero-order valence-corrected chi connectivity index (χ0v) is 16.6. The number of nitrogens with zero attached hydrogens (tertiary/aromatic N) is 2. The summed E-state index contributed by atoms with van der Waals surface area (Å²) in [4.78, 5) is 30.2. The number of rotatable bonds is 4. The molecule has 8 nitrogen and oxygen atoms in total. The Hall–Kier alpha value is -4.02. The first kappa shape index (κ1) is 21.2. The Kier molecular flexibility index (Phi) is 5.25. The van der Waals surface area contributed by atoms with Crippen LogP contribution in [0.3, 0.4) is 0 Å². The van der Waals surface area contributed by atoms with Gasteiger partial charge in [0.2, 0.25) is 6.79 Å². The maximum absolute atomic E-state index is 12.9. The molecular weight excluding hydrogens is 431 g/mol. The first-order valence-corrected chi connectivity index (χ1v) is 9.37. The summed E-state index contributed by atoms with van der Waals surface area (Å²) in [6.45, 7) is 1.67. The van der Waals surface area contributed by atoms with Gasteiger partial charge in [-0.2, -0.15) is 13.2 Å². The number of halogens is 3.